The van der Waals surface area contributed by atoms with E-state index >= 15 is 0 Å². The molecule has 2 aromatic rings. The highest BCUT2D eigenvalue weighted by Crippen LogP contribution is 2.09. The van der Waals surface area contributed by atoms with Crippen LogP contribution in [0, 0.1) is 0 Å². The highest BCUT2D eigenvalue weighted by molar-refractivity contribution is 5.78. The number of aromatic nitrogens is 1. The van der Waals surface area contributed by atoms with Crippen LogP contribution in [0.3, 0.4) is 0 Å². The molecule has 1 heterocycles. The van der Waals surface area contributed by atoms with Crippen molar-refractivity contribution < 1.29 is 5.21 Å². The number of benzene rings is 1. The molecule has 0 aliphatic carbocycles. The lowest BCUT2D eigenvalue weighted by molar-refractivity contribution is 0.321. The second kappa shape index (κ2) is 4.98. The van der Waals surface area contributed by atoms with Gasteiger partial charge in [0.1, 0.15) is 0 Å². The van der Waals surface area contributed by atoms with E-state index < -0.39 is 0 Å². The summed E-state index contributed by atoms with van der Waals surface area (Å²) in [5.41, 5.74) is 1.21. The van der Waals surface area contributed by atoms with E-state index in [1.807, 2.05) is 18.3 Å². The first-order valence-electron chi connectivity index (χ1n) is 4.02. The molecule has 2 N–H and O–H groups in total. The number of fused-ring (bicyclic) bond motifs is 1. The number of nitrogens with zero attached hydrogens (tertiary/aromatic N) is 1. The second-order valence-electron chi connectivity index (χ2n) is 2.44. The van der Waals surface area contributed by atoms with Gasteiger partial charge in [-0.3, -0.25) is 0 Å². The van der Waals surface area contributed by atoms with Crippen LogP contribution in [-0.4, -0.2) is 16.4 Å². The van der Waals surface area contributed by atoms with Crippen LogP contribution >= 0.6 is 0 Å². The van der Waals surface area contributed by atoms with E-state index in [0.717, 1.165) is 0 Å². The summed E-state index contributed by atoms with van der Waals surface area (Å²) >= 11 is 0. The van der Waals surface area contributed by atoms with E-state index in [2.05, 4.69) is 28.3 Å². The predicted octanol–water partition coefficient (Wildman–Crippen LogP) is 2.63. The molecule has 0 unspecified atom stereocenters. The van der Waals surface area contributed by atoms with Crippen LogP contribution in [0.4, 0.5) is 0 Å². The molecule has 0 radical (unpaired) electrons. The van der Waals surface area contributed by atoms with Crippen LogP contribution in [0.5, 0.6) is 0 Å². The zero-order chi connectivity index (χ0) is 9.52. The molecule has 0 aliphatic heterocycles. The first-order valence-corrected chi connectivity index (χ1v) is 4.02. The molecule has 0 atom stereocenters. The molecule has 3 heteroatoms. The van der Waals surface area contributed by atoms with Crippen molar-refractivity contribution in [3.05, 3.63) is 36.5 Å². The molecule has 0 aliphatic rings. The van der Waals surface area contributed by atoms with Gasteiger partial charge in [0, 0.05) is 17.9 Å². The monoisotopic (exact) mass is 176 g/mol. The van der Waals surface area contributed by atoms with Crippen molar-refractivity contribution in [2.45, 2.75) is 6.92 Å². The van der Waals surface area contributed by atoms with Gasteiger partial charge in [-0.2, -0.15) is 0 Å². The van der Waals surface area contributed by atoms with E-state index in [0.29, 0.717) is 0 Å². The minimum absolute atomic E-state index is 1.21. The maximum absolute atomic E-state index is 7.44. The van der Waals surface area contributed by atoms with Gasteiger partial charge in [0.05, 0.1) is 0 Å². The number of para-hydroxylation sites is 1. The summed E-state index contributed by atoms with van der Waals surface area (Å²) in [7, 11) is 0. The molecule has 0 saturated carbocycles. The van der Waals surface area contributed by atoms with Crippen LogP contribution < -0.4 is 0 Å². The smallest absolute Gasteiger partial charge is 0.0453 e. The van der Waals surface area contributed by atoms with Gasteiger partial charge >= 0.3 is 0 Å². The molecular formula is C10H12N2O. The van der Waals surface area contributed by atoms with E-state index in [1.54, 1.807) is 6.92 Å². The van der Waals surface area contributed by atoms with E-state index in [-0.39, 0.29) is 0 Å². The number of H-pyrrole nitrogens is 1. The fourth-order valence-electron chi connectivity index (χ4n) is 0.995. The molecule has 2 rings (SSSR count). The Kier molecular flexibility index (Phi) is 3.57. The largest absolute Gasteiger partial charge is 0.411 e. The Morgan fingerprint density at radius 2 is 2.00 bits per heavy atom. The van der Waals surface area contributed by atoms with Crippen molar-refractivity contribution in [2.75, 3.05) is 0 Å². The molecular weight excluding hydrogens is 164 g/mol. The van der Waals surface area contributed by atoms with Gasteiger partial charge in [0.2, 0.25) is 0 Å². The molecule has 1 aromatic heterocycles. The van der Waals surface area contributed by atoms with Gasteiger partial charge < -0.3 is 10.2 Å². The van der Waals surface area contributed by atoms with E-state index in [9.17, 15) is 0 Å². The van der Waals surface area contributed by atoms with Crippen molar-refractivity contribution in [3.8, 4) is 0 Å². The maximum Gasteiger partial charge on any atom is 0.0453 e. The SMILES string of the molecule is C/C=N/O.c1ccc2[nH]ccc2c1. The standard InChI is InChI=1S/C8H7N.C2H5NO/c1-2-4-8-7(3-1)5-6-9-8;1-2-3-4/h1-6,9H;2,4H,1H3/b;3-2+. The number of nitrogens with one attached hydrogen (secondary N) is 1. The lowest BCUT2D eigenvalue weighted by Crippen LogP contribution is -1.61. The normalized spacial score (nSPS) is 9.92. The molecule has 0 amide bonds. The van der Waals surface area contributed by atoms with Gasteiger partial charge in [-0.05, 0) is 24.4 Å². The Morgan fingerprint density at radius 1 is 1.31 bits per heavy atom. The summed E-state index contributed by atoms with van der Waals surface area (Å²) in [6.45, 7) is 1.64. The molecule has 1 aromatic carbocycles. The third kappa shape index (κ3) is 2.63. The van der Waals surface area contributed by atoms with E-state index in [1.165, 1.54) is 17.1 Å². The number of rotatable bonds is 0. The van der Waals surface area contributed by atoms with Crippen molar-refractivity contribution in [2.24, 2.45) is 5.16 Å². The Bertz CT molecular complexity index is 345. The van der Waals surface area contributed by atoms with Gasteiger partial charge in [-0.25, -0.2) is 0 Å². The summed E-state index contributed by atoms with van der Waals surface area (Å²) in [4.78, 5) is 3.12. The van der Waals surface area contributed by atoms with Crippen LogP contribution in [0.2, 0.25) is 0 Å². The van der Waals surface area contributed by atoms with Crippen LogP contribution in [-0.2, 0) is 0 Å². The highest BCUT2D eigenvalue weighted by Gasteiger charge is 1.86. The van der Waals surface area contributed by atoms with Gasteiger partial charge in [-0.1, -0.05) is 18.2 Å². The second-order valence-corrected chi connectivity index (χ2v) is 2.44. The lowest BCUT2D eigenvalue weighted by atomic mass is 10.3. The Morgan fingerprint density at radius 3 is 2.62 bits per heavy atom. The number of oxime groups is 1. The molecule has 68 valence electrons. The Hall–Kier alpha value is -1.77. The number of hydrogen-bond acceptors (Lipinski definition) is 2. The topological polar surface area (TPSA) is 48.4 Å². The van der Waals surface area contributed by atoms with Crippen molar-refractivity contribution in [3.63, 3.8) is 0 Å². The zero-order valence-corrected chi connectivity index (χ0v) is 7.44. The summed E-state index contributed by atoms with van der Waals surface area (Å²) in [5, 5.41) is 11.3. The van der Waals surface area contributed by atoms with Gasteiger partial charge in [-0.15, -0.1) is 5.16 Å². The average Bonchev–Trinajstić information content (AvgIpc) is 2.66. The zero-order valence-electron chi connectivity index (χ0n) is 7.44. The number of aromatic amines is 1. The fourth-order valence-corrected chi connectivity index (χ4v) is 0.995. The minimum atomic E-state index is 1.21. The van der Waals surface area contributed by atoms with Crippen LogP contribution in [0.15, 0.2) is 41.7 Å². The molecule has 13 heavy (non-hydrogen) atoms. The third-order valence-corrected chi connectivity index (χ3v) is 1.58. The minimum Gasteiger partial charge on any atom is -0.411 e. The number of hydrogen-bond donors (Lipinski definition) is 2. The maximum atomic E-state index is 7.44. The molecule has 0 saturated heterocycles. The summed E-state index contributed by atoms with van der Waals surface area (Å²) in [5.74, 6) is 0. The highest BCUT2D eigenvalue weighted by atomic mass is 16.4. The van der Waals surface area contributed by atoms with Crippen molar-refractivity contribution in [1.82, 2.24) is 4.98 Å². The fraction of sp³-hybridized carbons (Fsp3) is 0.100. The van der Waals surface area contributed by atoms with Crippen LogP contribution in [0.1, 0.15) is 6.92 Å². The van der Waals surface area contributed by atoms with Gasteiger partial charge in [0.25, 0.3) is 0 Å². The Balaban J connectivity index is 0.000000184. The average molecular weight is 176 g/mol. The summed E-state index contributed by atoms with van der Waals surface area (Å²) in [6, 6.07) is 10.3. The lowest BCUT2D eigenvalue weighted by Gasteiger charge is -1.83. The first kappa shape index (κ1) is 9.32. The van der Waals surface area contributed by atoms with Crippen molar-refractivity contribution >= 4 is 17.1 Å². The Labute approximate surface area is 76.7 Å². The first-order chi connectivity index (χ1) is 6.38. The molecule has 3 nitrogen and oxygen atoms in total. The molecule has 0 spiro atoms. The predicted molar refractivity (Wildman–Crippen MR) is 54.3 cm³/mol. The molecule has 0 fully saturated rings. The molecule has 0 bridgehead atoms. The van der Waals surface area contributed by atoms with Crippen molar-refractivity contribution in [1.29, 1.82) is 0 Å². The third-order valence-electron chi connectivity index (χ3n) is 1.58. The van der Waals surface area contributed by atoms with Crippen LogP contribution in [0.25, 0.3) is 10.9 Å². The summed E-state index contributed by atoms with van der Waals surface area (Å²) < 4.78 is 0. The summed E-state index contributed by atoms with van der Waals surface area (Å²) in [6.07, 6.45) is 3.25. The quantitative estimate of drug-likeness (QED) is 0.362. The van der Waals surface area contributed by atoms with Gasteiger partial charge in [0.15, 0.2) is 0 Å². The van der Waals surface area contributed by atoms with E-state index in [4.69, 9.17) is 5.21 Å².